The summed E-state index contributed by atoms with van der Waals surface area (Å²) in [7, 11) is 1.23. The number of carbonyl (C=O) groups excluding carboxylic acids is 1. The largest absolute Gasteiger partial charge is 0.465 e. The Bertz CT molecular complexity index is 836. The Morgan fingerprint density at radius 2 is 2.30 bits per heavy atom. The normalized spacial score (nSPS) is 16.7. The number of thiophene rings is 1. The molecule has 120 valence electrons. The van der Waals surface area contributed by atoms with Crippen LogP contribution in [0.1, 0.15) is 22.3 Å². The summed E-state index contributed by atoms with van der Waals surface area (Å²) < 4.78 is 15.6. The molecule has 2 aromatic heterocycles. The number of aliphatic hydroxyl groups excluding tert-OH is 1. The molecule has 0 fully saturated rings. The lowest BCUT2D eigenvalue weighted by molar-refractivity contribution is -0.136. The van der Waals surface area contributed by atoms with E-state index in [9.17, 15) is 14.7 Å². The maximum absolute atomic E-state index is 12.2. The Hall–Kier alpha value is -2.58. The quantitative estimate of drug-likeness (QED) is 0.807. The summed E-state index contributed by atoms with van der Waals surface area (Å²) in [6, 6.07) is 4.71. The van der Waals surface area contributed by atoms with Crippen molar-refractivity contribution in [1.29, 1.82) is 0 Å². The molecule has 23 heavy (non-hydrogen) atoms. The van der Waals surface area contributed by atoms with E-state index >= 15 is 0 Å². The second kappa shape index (κ2) is 5.90. The molecule has 0 bridgehead atoms. The van der Waals surface area contributed by atoms with Crippen LogP contribution >= 0.6 is 11.3 Å². The molecule has 0 radical (unpaired) electrons. The molecule has 0 saturated carbocycles. The SMILES string of the molecule is COC(=O)C1=C(N)Oc2c(oc(CO)cc2=O)[C@@H]1c1cccs1. The number of aliphatic hydroxyl groups is 1. The predicted octanol–water partition coefficient (Wildman–Crippen LogP) is 1.06. The van der Waals surface area contributed by atoms with E-state index < -0.39 is 23.9 Å². The first-order valence-corrected chi connectivity index (χ1v) is 7.51. The van der Waals surface area contributed by atoms with Crippen LogP contribution in [-0.2, 0) is 16.1 Å². The minimum absolute atomic E-state index is 0.0562. The number of hydrogen-bond acceptors (Lipinski definition) is 8. The highest BCUT2D eigenvalue weighted by molar-refractivity contribution is 7.10. The van der Waals surface area contributed by atoms with Crippen LogP contribution in [0.15, 0.2) is 44.2 Å². The van der Waals surface area contributed by atoms with E-state index in [0.29, 0.717) is 0 Å². The zero-order chi connectivity index (χ0) is 16.6. The van der Waals surface area contributed by atoms with Gasteiger partial charge in [-0.2, -0.15) is 0 Å². The maximum atomic E-state index is 12.2. The number of hydrogen-bond donors (Lipinski definition) is 2. The van der Waals surface area contributed by atoms with E-state index in [2.05, 4.69) is 0 Å². The molecule has 0 spiro atoms. The van der Waals surface area contributed by atoms with Gasteiger partial charge in [-0.25, -0.2) is 4.79 Å². The first kappa shape index (κ1) is 15.3. The Morgan fingerprint density at radius 3 is 2.91 bits per heavy atom. The zero-order valence-electron chi connectivity index (χ0n) is 12.1. The van der Waals surface area contributed by atoms with Crippen molar-refractivity contribution >= 4 is 17.3 Å². The standard InChI is InChI=1S/C15H13NO6S/c1-20-15(19)11-10(9-3-2-4-23-9)13-12(22-14(11)16)8(18)5-7(6-17)21-13/h2-5,10,17H,6,16H2,1H3/t10-/m1/s1. The molecule has 3 N–H and O–H groups in total. The second-order valence-electron chi connectivity index (χ2n) is 4.75. The Morgan fingerprint density at radius 1 is 1.52 bits per heavy atom. The molecule has 3 rings (SSSR count). The summed E-state index contributed by atoms with van der Waals surface area (Å²) >= 11 is 1.37. The second-order valence-corrected chi connectivity index (χ2v) is 5.73. The van der Waals surface area contributed by atoms with E-state index in [-0.39, 0.29) is 28.7 Å². The summed E-state index contributed by atoms with van der Waals surface area (Å²) in [5, 5.41) is 11.1. The number of esters is 1. The van der Waals surface area contributed by atoms with Crippen molar-refractivity contribution in [3.63, 3.8) is 0 Å². The van der Waals surface area contributed by atoms with E-state index in [0.717, 1.165) is 10.9 Å². The lowest BCUT2D eigenvalue weighted by Gasteiger charge is -2.25. The molecule has 0 amide bonds. The highest BCUT2D eigenvalue weighted by Gasteiger charge is 2.39. The lowest BCUT2D eigenvalue weighted by atomic mass is 9.92. The van der Waals surface area contributed by atoms with E-state index in [1.807, 2.05) is 5.38 Å². The fourth-order valence-electron chi connectivity index (χ4n) is 2.41. The van der Waals surface area contributed by atoms with E-state index in [4.69, 9.17) is 19.6 Å². The molecule has 1 aliphatic heterocycles. The number of rotatable bonds is 3. The van der Waals surface area contributed by atoms with Gasteiger partial charge in [-0.05, 0) is 11.4 Å². The monoisotopic (exact) mass is 335 g/mol. The molecule has 0 unspecified atom stereocenters. The molecule has 7 nitrogen and oxygen atoms in total. The van der Waals surface area contributed by atoms with Gasteiger partial charge < -0.3 is 24.7 Å². The van der Waals surface area contributed by atoms with Crippen molar-refractivity contribution in [1.82, 2.24) is 0 Å². The van der Waals surface area contributed by atoms with Gasteiger partial charge in [0.2, 0.25) is 17.1 Å². The van der Waals surface area contributed by atoms with Gasteiger partial charge in [-0.1, -0.05) is 6.07 Å². The van der Waals surface area contributed by atoms with Gasteiger partial charge >= 0.3 is 5.97 Å². The number of carbonyl (C=O) groups is 1. The summed E-state index contributed by atoms with van der Waals surface area (Å²) in [6.45, 7) is -0.452. The van der Waals surface area contributed by atoms with E-state index in [1.54, 1.807) is 12.1 Å². The van der Waals surface area contributed by atoms with Crippen LogP contribution in [-0.4, -0.2) is 18.2 Å². The van der Waals surface area contributed by atoms with Crippen LogP contribution in [0.3, 0.4) is 0 Å². The van der Waals surface area contributed by atoms with Gasteiger partial charge in [0.05, 0.1) is 13.0 Å². The van der Waals surface area contributed by atoms with Crippen LogP contribution in [0.5, 0.6) is 5.75 Å². The summed E-state index contributed by atoms with van der Waals surface area (Å²) in [6.07, 6.45) is 0. The van der Waals surface area contributed by atoms with Crippen molar-refractivity contribution in [3.8, 4) is 5.75 Å². The van der Waals surface area contributed by atoms with Crippen LogP contribution in [0.25, 0.3) is 0 Å². The first-order chi connectivity index (χ1) is 11.1. The van der Waals surface area contributed by atoms with Gasteiger partial charge in [0.25, 0.3) is 0 Å². The van der Waals surface area contributed by atoms with E-state index in [1.165, 1.54) is 18.4 Å². The summed E-state index contributed by atoms with van der Waals surface area (Å²) in [4.78, 5) is 25.0. The van der Waals surface area contributed by atoms with Gasteiger partial charge in [-0.15, -0.1) is 11.3 Å². The fourth-order valence-corrected chi connectivity index (χ4v) is 3.24. The minimum atomic E-state index is -0.731. The molecule has 2 aromatic rings. The highest BCUT2D eigenvalue weighted by atomic mass is 32.1. The van der Waals surface area contributed by atoms with Crippen LogP contribution in [0, 0.1) is 0 Å². The third kappa shape index (κ3) is 2.51. The number of nitrogens with two attached hydrogens (primary N) is 1. The van der Waals surface area contributed by atoms with Crippen LogP contribution in [0.2, 0.25) is 0 Å². The van der Waals surface area contributed by atoms with Crippen molar-refractivity contribution in [2.24, 2.45) is 5.73 Å². The third-order valence-electron chi connectivity index (χ3n) is 3.40. The molecule has 3 heterocycles. The Balaban J connectivity index is 2.28. The van der Waals surface area contributed by atoms with Gasteiger partial charge in [0, 0.05) is 10.9 Å². The van der Waals surface area contributed by atoms with Crippen molar-refractivity contribution < 1.29 is 23.8 Å². The summed E-state index contributed by atoms with van der Waals surface area (Å²) in [5.74, 6) is -1.51. The zero-order valence-corrected chi connectivity index (χ0v) is 12.9. The summed E-state index contributed by atoms with van der Waals surface area (Å²) in [5.41, 5.74) is 5.41. The number of fused-ring (bicyclic) bond motifs is 1. The van der Waals surface area contributed by atoms with Gasteiger partial charge in [0.1, 0.15) is 17.9 Å². The molecule has 8 heteroatoms. The number of methoxy groups -OCH3 is 1. The molecule has 0 saturated heterocycles. The lowest BCUT2D eigenvalue weighted by Crippen LogP contribution is -2.29. The Labute approximate surface area is 134 Å². The molecule has 1 atom stereocenters. The number of ether oxygens (including phenoxy) is 2. The molecule has 0 aromatic carbocycles. The topological polar surface area (TPSA) is 112 Å². The van der Waals surface area contributed by atoms with Gasteiger partial charge in [-0.3, -0.25) is 4.79 Å². The molecular formula is C15H13NO6S. The van der Waals surface area contributed by atoms with Crippen LogP contribution < -0.4 is 15.9 Å². The van der Waals surface area contributed by atoms with Crippen molar-refractivity contribution in [2.45, 2.75) is 12.5 Å². The molecule has 1 aliphatic rings. The first-order valence-electron chi connectivity index (χ1n) is 6.63. The fraction of sp³-hybridized carbons (Fsp3) is 0.200. The maximum Gasteiger partial charge on any atom is 0.340 e. The highest BCUT2D eigenvalue weighted by Crippen LogP contribution is 2.43. The third-order valence-corrected chi connectivity index (χ3v) is 4.34. The van der Waals surface area contributed by atoms with Crippen molar-refractivity contribution in [3.05, 3.63) is 61.7 Å². The average molecular weight is 335 g/mol. The smallest absolute Gasteiger partial charge is 0.340 e. The molecule has 0 aliphatic carbocycles. The van der Waals surface area contributed by atoms with Crippen LogP contribution in [0.4, 0.5) is 0 Å². The molecular weight excluding hydrogens is 322 g/mol. The van der Waals surface area contributed by atoms with Gasteiger partial charge in [0.15, 0.2) is 5.76 Å². The van der Waals surface area contributed by atoms with Crippen molar-refractivity contribution in [2.75, 3.05) is 7.11 Å². The minimum Gasteiger partial charge on any atom is -0.465 e. The Kier molecular flexibility index (Phi) is 3.93. The predicted molar refractivity (Wildman–Crippen MR) is 80.9 cm³/mol. The average Bonchev–Trinajstić information content (AvgIpc) is 3.07.